The highest BCUT2D eigenvalue weighted by atomic mass is 16.5. The van der Waals surface area contributed by atoms with Gasteiger partial charge in [0.05, 0.1) is 23.7 Å². The Labute approximate surface area is 263 Å². The van der Waals surface area contributed by atoms with Crippen LogP contribution in [0, 0.1) is 11.8 Å². The van der Waals surface area contributed by atoms with Crippen molar-refractivity contribution in [2.75, 3.05) is 11.9 Å². The number of benzene rings is 3. The summed E-state index contributed by atoms with van der Waals surface area (Å²) in [5.74, 6) is -0.247. The molecule has 1 aliphatic carbocycles. The number of carbonyl (C=O) groups is 3. The van der Waals surface area contributed by atoms with Crippen molar-refractivity contribution in [1.82, 2.24) is 14.8 Å². The number of carbonyl (C=O) groups excluding carboxylic acids is 3. The van der Waals surface area contributed by atoms with Gasteiger partial charge in [0, 0.05) is 36.0 Å². The van der Waals surface area contributed by atoms with Crippen LogP contribution >= 0.6 is 0 Å². The summed E-state index contributed by atoms with van der Waals surface area (Å²) in [5.41, 5.74) is 4.41. The van der Waals surface area contributed by atoms with E-state index in [1.165, 1.54) is 0 Å². The van der Waals surface area contributed by atoms with E-state index in [1.54, 1.807) is 22.9 Å². The largest absolute Gasteiger partial charge is 0.444 e. The Hall–Kier alpha value is -4.85. The lowest BCUT2D eigenvalue weighted by Gasteiger charge is -2.42. The summed E-state index contributed by atoms with van der Waals surface area (Å²) in [6.07, 6.45) is 5.61. The number of hydrogen-bond donors (Lipinski definition) is 2. The number of ether oxygens (including phenoxy) is 1. The van der Waals surface area contributed by atoms with E-state index in [4.69, 9.17) is 4.74 Å². The number of nitrogens with zero attached hydrogens (tertiary/aromatic N) is 2. The molecule has 4 aromatic rings. The maximum Gasteiger partial charge on any atom is 0.418 e. The van der Waals surface area contributed by atoms with Crippen LogP contribution in [0.5, 0.6) is 0 Å². The fourth-order valence-corrected chi connectivity index (χ4v) is 7.52. The lowest BCUT2D eigenvalue weighted by molar-refractivity contribution is -0.138. The third kappa shape index (κ3) is 5.72. The molecule has 45 heavy (non-hydrogen) atoms. The van der Waals surface area contributed by atoms with E-state index in [1.807, 2.05) is 78.9 Å². The molecule has 5 atom stereocenters. The number of likely N-dealkylation sites (tertiary alicyclic amines) is 1. The van der Waals surface area contributed by atoms with E-state index in [2.05, 4.69) is 21.6 Å². The number of amides is 2. The van der Waals surface area contributed by atoms with Crippen molar-refractivity contribution in [2.45, 2.75) is 56.8 Å². The van der Waals surface area contributed by atoms with Crippen LogP contribution < -0.4 is 10.6 Å². The molecule has 2 N–H and O–H groups in total. The van der Waals surface area contributed by atoms with Crippen LogP contribution in [0.1, 0.15) is 71.4 Å². The smallest absolute Gasteiger partial charge is 0.418 e. The van der Waals surface area contributed by atoms with Gasteiger partial charge in [0.25, 0.3) is 5.91 Å². The molecular weight excluding hydrogens is 564 g/mol. The van der Waals surface area contributed by atoms with E-state index in [0.29, 0.717) is 12.1 Å². The number of nitrogens with one attached hydrogen (secondary N) is 2. The molecule has 1 saturated carbocycles. The Morgan fingerprint density at radius 3 is 2.38 bits per heavy atom. The normalized spacial score (nSPS) is 23.7. The first-order valence-electron chi connectivity index (χ1n) is 16.0. The van der Waals surface area contributed by atoms with Gasteiger partial charge in [-0.05, 0) is 60.7 Å². The topological polar surface area (TPSA) is 92.7 Å². The first kappa shape index (κ1) is 28.9. The average molecular weight is 603 g/mol. The number of rotatable bonds is 6. The Bertz CT molecular complexity index is 1670. The van der Waals surface area contributed by atoms with E-state index in [-0.39, 0.29) is 48.4 Å². The third-order valence-electron chi connectivity index (χ3n) is 9.68. The van der Waals surface area contributed by atoms with Gasteiger partial charge in [-0.1, -0.05) is 79.6 Å². The fourth-order valence-electron chi connectivity index (χ4n) is 7.52. The Morgan fingerprint density at radius 2 is 1.56 bits per heavy atom. The summed E-state index contributed by atoms with van der Waals surface area (Å²) in [4.78, 5) is 42.9. The van der Waals surface area contributed by atoms with Crippen molar-refractivity contribution < 1.29 is 19.1 Å². The summed E-state index contributed by atoms with van der Waals surface area (Å²) < 4.78 is 7.29. The fraction of sp³-hybridized carbons (Fsp3) is 0.324. The lowest BCUT2D eigenvalue weighted by Crippen LogP contribution is -2.50. The molecule has 1 saturated heterocycles. The van der Waals surface area contributed by atoms with Crippen LogP contribution in [0.25, 0.3) is 0 Å². The molecule has 2 amide bonds. The molecule has 7 rings (SSSR count). The van der Waals surface area contributed by atoms with Crippen molar-refractivity contribution in [3.05, 3.63) is 126 Å². The van der Waals surface area contributed by atoms with Crippen LogP contribution in [0.3, 0.4) is 0 Å². The highest BCUT2D eigenvalue weighted by molar-refractivity contribution is 5.95. The van der Waals surface area contributed by atoms with E-state index < -0.39 is 6.09 Å². The molecule has 8 heteroatoms. The predicted octanol–water partition coefficient (Wildman–Crippen LogP) is 6.72. The Kier molecular flexibility index (Phi) is 8.11. The van der Waals surface area contributed by atoms with Gasteiger partial charge in [-0.15, -0.1) is 0 Å². The number of fused-ring (bicyclic) bond motifs is 3. The summed E-state index contributed by atoms with van der Waals surface area (Å²) in [7, 11) is 0. The SMILES string of the molecule is O=C(N[C@@H]1CCCC[C@@H]1C(=O)N1CC[C@@H]2[C@H](c3cccn3C(=O)OCc3ccccc3)Nc3ccccc3[C@@H]21)c1ccccc1. The summed E-state index contributed by atoms with van der Waals surface area (Å²) in [6.45, 7) is 0.811. The van der Waals surface area contributed by atoms with Crippen molar-refractivity contribution in [3.63, 3.8) is 0 Å². The van der Waals surface area contributed by atoms with Gasteiger partial charge < -0.3 is 20.3 Å². The molecule has 0 unspecified atom stereocenters. The number of para-hydroxylation sites is 1. The molecule has 0 bridgehead atoms. The average Bonchev–Trinajstić information content (AvgIpc) is 3.76. The van der Waals surface area contributed by atoms with Gasteiger partial charge in [-0.3, -0.25) is 14.2 Å². The molecule has 0 radical (unpaired) electrons. The van der Waals surface area contributed by atoms with Crippen molar-refractivity contribution in [3.8, 4) is 0 Å². The Balaban J connectivity index is 1.14. The van der Waals surface area contributed by atoms with Gasteiger partial charge in [-0.2, -0.15) is 0 Å². The zero-order valence-electron chi connectivity index (χ0n) is 25.2. The van der Waals surface area contributed by atoms with Crippen LogP contribution in [-0.4, -0.2) is 40.0 Å². The molecule has 3 aliphatic rings. The monoisotopic (exact) mass is 602 g/mol. The minimum Gasteiger partial charge on any atom is -0.444 e. The minimum atomic E-state index is -0.429. The van der Waals surface area contributed by atoms with Crippen LogP contribution in [0.2, 0.25) is 0 Å². The maximum absolute atomic E-state index is 14.5. The molecule has 230 valence electrons. The van der Waals surface area contributed by atoms with Crippen LogP contribution in [0.4, 0.5) is 10.5 Å². The molecule has 2 fully saturated rings. The number of aromatic nitrogens is 1. The van der Waals surface area contributed by atoms with Gasteiger partial charge in [0.1, 0.15) is 6.61 Å². The first-order valence-corrected chi connectivity index (χ1v) is 16.0. The van der Waals surface area contributed by atoms with Gasteiger partial charge in [-0.25, -0.2) is 4.79 Å². The lowest BCUT2D eigenvalue weighted by atomic mass is 9.80. The second kappa shape index (κ2) is 12.6. The quantitative estimate of drug-likeness (QED) is 0.256. The molecule has 3 aromatic carbocycles. The molecule has 0 spiro atoms. The maximum atomic E-state index is 14.5. The second-order valence-corrected chi connectivity index (χ2v) is 12.3. The molecule has 2 aliphatic heterocycles. The standard InChI is InChI=1S/C37H38N4O4/c42-35(26-14-5-2-6-15-26)39-31-19-10-8-17-28(31)36(43)41-23-21-29-33(38-30-18-9-7-16-27(30)34(29)41)32-20-11-22-40(32)37(44)45-24-25-12-3-1-4-13-25/h1-7,9,11-16,18,20,22,28-29,31,33-34,38H,8,10,17,19,21,23-24H2,(H,39,42)/t28-,29+,31+,33+,34-/m0/s1. The Morgan fingerprint density at radius 1 is 0.822 bits per heavy atom. The summed E-state index contributed by atoms with van der Waals surface area (Å²) in [6, 6.07) is 30.3. The highest BCUT2D eigenvalue weighted by Gasteiger charge is 2.49. The van der Waals surface area contributed by atoms with E-state index in [9.17, 15) is 14.4 Å². The van der Waals surface area contributed by atoms with Crippen molar-refractivity contribution in [2.24, 2.45) is 11.8 Å². The number of hydrogen-bond acceptors (Lipinski definition) is 5. The zero-order chi connectivity index (χ0) is 30.8. The van der Waals surface area contributed by atoms with Crippen LogP contribution in [-0.2, 0) is 16.1 Å². The molecule has 3 heterocycles. The van der Waals surface area contributed by atoms with Gasteiger partial charge >= 0.3 is 6.09 Å². The first-order chi connectivity index (χ1) is 22.1. The predicted molar refractivity (Wildman–Crippen MR) is 171 cm³/mol. The summed E-state index contributed by atoms with van der Waals surface area (Å²) >= 11 is 0. The molecule has 1 aromatic heterocycles. The minimum absolute atomic E-state index is 0.0559. The summed E-state index contributed by atoms with van der Waals surface area (Å²) in [5, 5.41) is 6.91. The second-order valence-electron chi connectivity index (χ2n) is 12.3. The molecular formula is C37H38N4O4. The van der Waals surface area contributed by atoms with Crippen LogP contribution in [0.15, 0.2) is 103 Å². The number of anilines is 1. The van der Waals surface area contributed by atoms with E-state index in [0.717, 1.165) is 54.6 Å². The van der Waals surface area contributed by atoms with Gasteiger partial charge in [0.2, 0.25) is 5.91 Å². The van der Waals surface area contributed by atoms with E-state index >= 15 is 0 Å². The highest BCUT2D eigenvalue weighted by Crippen LogP contribution is 2.52. The zero-order valence-corrected chi connectivity index (χ0v) is 25.2. The third-order valence-corrected chi connectivity index (χ3v) is 9.68. The molecule has 8 nitrogen and oxygen atoms in total. The van der Waals surface area contributed by atoms with Crippen molar-refractivity contribution in [1.29, 1.82) is 0 Å². The van der Waals surface area contributed by atoms with Gasteiger partial charge in [0.15, 0.2) is 0 Å². The van der Waals surface area contributed by atoms with Crippen molar-refractivity contribution >= 4 is 23.6 Å².